The van der Waals surface area contributed by atoms with E-state index < -0.39 is 0 Å². The largest absolute Gasteiger partial charge is 0.508 e. The summed E-state index contributed by atoms with van der Waals surface area (Å²) in [6.07, 6.45) is 4.78. The molecule has 1 fully saturated rings. The van der Waals surface area contributed by atoms with Gasteiger partial charge in [-0.1, -0.05) is 24.9 Å². The number of aromatic hydroxyl groups is 1. The van der Waals surface area contributed by atoms with Crippen molar-refractivity contribution in [2.75, 3.05) is 0 Å². The number of rotatable bonds is 2. The van der Waals surface area contributed by atoms with Gasteiger partial charge in [0, 0.05) is 11.5 Å². The van der Waals surface area contributed by atoms with Crippen molar-refractivity contribution in [2.24, 2.45) is 5.92 Å². The molecule has 1 aromatic carbocycles. The van der Waals surface area contributed by atoms with Crippen LogP contribution in [0.5, 0.6) is 5.75 Å². The topological polar surface area (TPSA) is 59.2 Å². The number of phenols is 1. The second kappa shape index (κ2) is 5.27. The second-order valence-electron chi connectivity index (χ2n) is 5.91. The van der Waals surface area contributed by atoms with Crippen LogP contribution < -0.4 is 0 Å². The predicted molar refractivity (Wildman–Crippen MR) is 76.5 cm³/mol. The SMILES string of the molecule is Cc1cc(O)ccc1-c1nc(C2CCC(C)CC2)no1. The van der Waals surface area contributed by atoms with E-state index in [9.17, 15) is 5.11 Å². The maximum Gasteiger partial charge on any atom is 0.258 e. The van der Waals surface area contributed by atoms with E-state index in [0.717, 1.165) is 35.7 Å². The summed E-state index contributed by atoms with van der Waals surface area (Å²) in [4.78, 5) is 4.56. The molecular formula is C16H20N2O2. The maximum absolute atomic E-state index is 9.45. The number of nitrogens with zero attached hydrogens (tertiary/aromatic N) is 2. The van der Waals surface area contributed by atoms with Crippen LogP contribution in [0.4, 0.5) is 0 Å². The van der Waals surface area contributed by atoms with Gasteiger partial charge >= 0.3 is 0 Å². The van der Waals surface area contributed by atoms with Gasteiger partial charge in [-0.25, -0.2) is 0 Å². The third-order valence-corrected chi connectivity index (χ3v) is 4.26. The molecule has 0 radical (unpaired) electrons. The molecular weight excluding hydrogens is 252 g/mol. The molecule has 1 aliphatic carbocycles. The van der Waals surface area contributed by atoms with E-state index in [1.807, 2.05) is 13.0 Å². The number of hydrogen-bond acceptors (Lipinski definition) is 4. The molecule has 3 rings (SSSR count). The first-order valence-electron chi connectivity index (χ1n) is 7.27. The lowest BCUT2D eigenvalue weighted by Crippen LogP contribution is -2.11. The van der Waals surface area contributed by atoms with E-state index in [-0.39, 0.29) is 5.75 Å². The fraction of sp³-hybridized carbons (Fsp3) is 0.500. The summed E-state index contributed by atoms with van der Waals surface area (Å²) in [6, 6.07) is 5.18. The Kier molecular flexibility index (Phi) is 3.47. The van der Waals surface area contributed by atoms with Crippen LogP contribution in [0, 0.1) is 12.8 Å². The van der Waals surface area contributed by atoms with Crippen LogP contribution >= 0.6 is 0 Å². The van der Waals surface area contributed by atoms with E-state index in [2.05, 4.69) is 17.1 Å². The minimum Gasteiger partial charge on any atom is -0.508 e. The quantitative estimate of drug-likeness (QED) is 0.896. The number of hydrogen-bond donors (Lipinski definition) is 1. The number of phenolic OH excluding ortho intramolecular Hbond substituents is 1. The average molecular weight is 272 g/mol. The predicted octanol–water partition coefficient (Wildman–Crippen LogP) is 4.04. The van der Waals surface area contributed by atoms with Crippen molar-refractivity contribution in [1.82, 2.24) is 10.1 Å². The molecule has 1 saturated carbocycles. The first kappa shape index (κ1) is 13.2. The van der Waals surface area contributed by atoms with Gasteiger partial charge in [0.25, 0.3) is 5.89 Å². The zero-order valence-electron chi connectivity index (χ0n) is 12.0. The summed E-state index contributed by atoms with van der Waals surface area (Å²) < 4.78 is 5.41. The van der Waals surface area contributed by atoms with Crippen molar-refractivity contribution in [3.05, 3.63) is 29.6 Å². The van der Waals surface area contributed by atoms with Crippen molar-refractivity contribution in [3.63, 3.8) is 0 Å². The van der Waals surface area contributed by atoms with E-state index in [4.69, 9.17) is 4.52 Å². The molecule has 106 valence electrons. The lowest BCUT2D eigenvalue weighted by molar-refractivity contribution is 0.329. The molecule has 1 N–H and O–H groups in total. The summed E-state index contributed by atoms with van der Waals surface area (Å²) in [7, 11) is 0. The Morgan fingerprint density at radius 1 is 1.20 bits per heavy atom. The zero-order chi connectivity index (χ0) is 14.1. The molecule has 0 saturated heterocycles. The van der Waals surface area contributed by atoms with Gasteiger partial charge in [-0.15, -0.1) is 0 Å². The monoisotopic (exact) mass is 272 g/mol. The van der Waals surface area contributed by atoms with Crippen molar-refractivity contribution in [3.8, 4) is 17.2 Å². The molecule has 1 aromatic heterocycles. The fourth-order valence-electron chi connectivity index (χ4n) is 2.92. The van der Waals surface area contributed by atoms with Gasteiger partial charge < -0.3 is 9.63 Å². The highest BCUT2D eigenvalue weighted by atomic mass is 16.5. The van der Waals surface area contributed by atoms with Crippen molar-refractivity contribution in [1.29, 1.82) is 0 Å². The lowest BCUT2D eigenvalue weighted by atomic mass is 9.83. The van der Waals surface area contributed by atoms with Crippen LogP contribution in [0.25, 0.3) is 11.5 Å². The number of aryl methyl sites for hydroxylation is 1. The molecule has 0 unspecified atom stereocenters. The Morgan fingerprint density at radius 3 is 2.65 bits per heavy atom. The molecule has 2 aromatic rings. The highest BCUT2D eigenvalue weighted by molar-refractivity contribution is 5.59. The standard InChI is InChI=1S/C16H20N2O2/c1-10-3-5-12(6-4-10)15-17-16(20-18-15)14-8-7-13(19)9-11(14)2/h7-10,12,19H,3-6H2,1-2H3. The van der Waals surface area contributed by atoms with Crippen molar-refractivity contribution >= 4 is 0 Å². The van der Waals surface area contributed by atoms with Crippen LogP contribution in [0.15, 0.2) is 22.7 Å². The highest BCUT2D eigenvalue weighted by Gasteiger charge is 2.24. The van der Waals surface area contributed by atoms with Gasteiger partial charge in [-0.3, -0.25) is 0 Å². The zero-order valence-corrected chi connectivity index (χ0v) is 12.0. The number of benzene rings is 1. The van der Waals surface area contributed by atoms with Gasteiger partial charge in [-0.2, -0.15) is 4.98 Å². The summed E-state index contributed by atoms with van der Waals surface area (Å²) in [5.74, 6) is 2.89. The van der Waals surface area contributed by atoms with Crippen LogP contribution in [-0.4, -0.2) is 15.2 Å². The van der Waals surface area contributed by atoms with Gasteiger partial charge in [0.15, 0.2) is 5.82 Å². The van der Waals surface area contributed by atoms with E-state index in [1.54, 1.807) is 12.1 Å². The normalized spacial score (nSPS) is 22.9. The van der Waals surface area contributed by atoms with Crippen molar-refractivity contribution < 1.29 is 9.63 Å². The molecule has 20 heavy (non-hydrogen) atoms. The maximum atomic E-state index is 9.45. The minimum absolute atomic E-state index is 0.257. The third-order valence-electron chi connectivity index (χ3n) is 4.26. The first-order chi connectivity index (χ1) is 9.63. The second-order valence-corrected chi connectivity index (χ2v) is 5.91. The summed E-state index contributed by atoms with van der Waals surface area (Å²) in [5, 5.41) is 13.6. The van der Waals surface area contributed by atoms with E-state index in [1.165, 1.54) is 12.8 Å². The van der Waals surface area contributed by atoms with Gasteiger partial charge in [0.1, 0.15) is 5.75 Å². The van der Waals surface area contributed by atoms with Crippen LogP contribution in [-0.2, 0) is 0 Å². The molecule has 0 aliphatic heterocycles. The van der Waals surface area contributed by atoms with Gasteiger partial charge in [0.2, 0.25) is 0 Å². The highest BCUT2D eigenvalue weighted by Crippen LogP contribution is 2.35. The Bertz CT molecular complexity index is 598. The average Bonchev–Trinajstić information content (AvgIpc) is 2.89. The Morgan fingerprint density at radius 2 is 1.95 bits per heavy atom. The van der Waals surface area contributed by atoms with Crippen LogP contribution in [0.3, 0.4) is 0 Å². The fourth-order valence-corrected chi connectivity index (χ4v) is 2.92. The lowest BCUT2D eigenvalue weighted by Gasteiger charge is -2.23. The minimum atomic E-state index is 0.257. The Hall–Kier alpha value is -1.84. The molecule has 4 heteroatoms. The first-order valence-corrected chi connectivity index (χ1v) is 7.27. The Balaban J connectivity index is 1.83. The van der Waals surface area contributed by atoms with Gasteiger partial charge in [0.05, 0.1) is 0 Å². The number of aromatic nitrogens is 2. The third kappa shape index (κ3) is 2.55. The molecule has 4 nitrogen and oxygen atoms in total. The van der Waals surface area contributed by atoms with Crippen molar-refractivity contribution in [2.45, 2.75) is 45.4 Å². The summed E-state index contributed by atoms with van der Waals surface area (Å²) in [5.41, 5.74) is 1.84. The molecule has 0 amide bonds. The van der Waals surface area contributed by atoms with Crippen LogP contribution in [0.1, 0.15) is 49.9 Å². The summed E-state index contributed by atoms with van der Waals surface area (Å²) >= 11 is 0. The molecule has 1 aliphatic rings. The molecule has 1 heterocycles. The Labute approximate surface area is 118 Å². The smallest absolute Gasteiger partial charge is 0.258 e. The van der Waals surface area contributed by atoms with E-state index in [0.29, 0.717) is 11.8 Å². The van der Waals surface area contributed by atoms with Gasteiger partial charge in [-0.05, 0) is 49.4 Å². The molecule has 0 bridgehead atoms. The summed E-state index contributed by atoms with van der Waals surface area (Å²) in [6.45, 7) is 4.24. The van der Waals surface area contributed by atoms with Crippen LogP contribution in [0.2, 0.25) is 0 Å². The molecule has 0 spiro atoms. The van der Waals surface area contributed by atoms with E-state index >= 15 is 0 Å². The molecule has 0 atom stereocenters.